The number of hydrogen-bond donors (Lipinski definition) is 3. The van der Waals surface area contributed by atoms with E-state index < -0.39 is 16.0 Å². The highest BCUT2D eigenvalue weighted by atomic mass is 32.2. The van der Waals surface area contributed by atoms with E-state index in [0.717, 1.165) is 32.3 Å². The number of carbonyl (C=O) groups is 1. The quantitative estimate of drug-likeness (QED) is 0.693. The highest BCUT2D eigenvalue weighted by molar-refractivity contribution is 7.89. The number of ether oxygens (including phenoxy) is 1. The Hall–Kier alpha value is -1.64. The van der Waals surface area contributed by atoms with Crippen LogP contribution in [0, 0.1) is 0 Å². The Kier molecular flexibility index (Phi) is 4.56. The van der Waals surface area contributed by atoms with E-state index >= 15 is 0 Å². The van der Waals surface area contributed by atoms with Crippen LogP contribution < -0.4 is 10.0 Å². The molecule has 23 heavy (non-hydrogen) atoms. The molecular formula is C15H20N2O5S. The maximum absolute atomic E-state index is 12.2. The molecule has 0 amide bonds. The van der Waals surface area contributed by atoms with Crippen LogP contribution in [0.3, 0.4) is 0 Å². The van der Waals surface area contributed by atoms with E-state index in [2.05, 4.69) is 10.0 Å². The second-order valence-corrected chi connectivity index (χ2v) is 7.64. The van der Waals surface area contributed by atoms with Crippen LogP contribution in [0.2, 0.25) is 0 Å². The van der Waals surface area contributed by atoms with Crippen molar-refractivity contribution in [2.45, 2.75) is 42.7 Å². The minimum Gasteiger partial charge on any atom is -0.478 e. The first-order valence-corrected chi connectivity index (χ1v) is 9.19. The first-order chi connectivity index (χ1) is 11.0. The molecule has 3 N–H and O–H groups in total. The lowest BCUT2D eigenvalue weighted by Crippen LogP contribution is -2.26. The molecule has 1 aliphatic carbocycles. The lowest BCUT2D eigenvalue weighted by molar-refractivity contribution is 0.0697. The zero-order chi connectivity index (χ0) is 16.4. The fourth-order valence-electron chi connectivity index (χ4n) is 2.54. The van der Waals surface area contributed by atoms with Gasteiger partial charge < -0.3 is 15.2 Å². The topological polar surface area (TPSA) is 105 Å². The van der Waals surface area contributed by atoms with Gasteiger partial charge in [-0.3, -0.25) is 0 Å². The first kappa shape index (κ1) is 16.2. The standard InChI is InChI=1S/C15H20N2O5S/c18-15(19)13-8-12(23(20,21)17-10-3-4-10)5-6-14(13)16-9-11-2-1-7-22-11/h5-6,8,10-11,16-17H,1-4,7,9H2,(H,18,19)/t11-/m1/s1. The van der Waals surface area contributed by atoms with Gasteiger partial charge in [-0.25, -0.2) is 17.9 Å². The van der Waals surface area contributed by atoms with Crippen molar-refractivity contribution in [1.29, 1.82) is 0 Å². The van der Waals surface area contributed by atoms with Gasteiger partial charge >= 0.3 is 5.97 Å². The summed E-state index contributed by atoms with van der Waals surface area (Å²) < 4.78 is 32.4. The Bertz CT molecular complexity index is 694. The number of carboxylic acids is 1. The van der Waals surface area contributed by atoms with E-state index in [1.54, 1.807) is 0 Å². The van der Waals surface area contributed by atoms with Crippen molar-refractivity contribution in [1.82, 2.24) is 4.72 Å². The van der Waals surface area contributed by atoms with E-state index in [1.165, 1.54) is 18.2 Å². The van der Waals surface area contributed by atoms with Gasteiger partial charge in [0.25, 0.3) is 0 Å². The number of anilines is 1. The van der Waals surface area contributed by atoms with Gasteiger partial charge in [0.05, 0.1) is 16.6 Å². The zero-order valence-electron chi connectivity index (χ0n) is 12.6. The number of benzene rings is 1. The fourth-order valence-corrected chi connectivity index (χ4v) is 3.87. The summed E-state index contributed by atoms with van der Waals surface area (Å²) >= 11 is 0. The van der Waals surface area contributed by atoms with Crippen molar-refractivity contribution in [3.05, 3.63) is 23.8 Å². The van der Waals surface area contributed by atoms with Crippen LogP contribution in [0.25, 0.3) is 0 Å². The summed E-state index contributed by atoms with van der Waals surface area (Å²) in [5.74, 6) is -1.16. The van der Waals surface area contributed by atoms with Gasteiger partial charge in [0, 0.05) is 24.9 Å². The molecule has 1 atom stereocenters. The summed E-state index contributed by atoms with van der Waals surface area (Å²) in [5.41, 5.74) is 0.347. The molecule has 0 aromatic heterocycles. The van der Waals surface area contributed by atoms with Gasteiger partial charge in [0.1, 0.15) is 0 Å². The smallest absolute Gasteiger partial charge is 0.337 e. The van der Waals surface area contributed by atoms with Crippen molar-refractivity contribution in [2.75, 3.05) is 18.5 Å². The maximum atomic E-state index is 12.2. The number of sulfonamides is 1. The molecule has 1 saturated carbocycles. The zero-order valence-corrected chi connectivity index (χ0v) is 13.4. The number of nitrogens with one attached hydrogen (secondary N) is 2. The number of rotatable bonds is 7. The normalized spacial score (nSPS) is 21.3. The van der Waals surface area contributed by atoms with Gasteiger partial charge in [0.2, 0.25) is 10.0 Å². The minimum absolute atomic E-state index is 0.0226. The van der Waals surface area contributed by atoms with Gasteiger partial charge in [0.15, 0.2) is 0 Å². The Morgan fingerprint density at radius 3 is 2.70 bits per heavy atom. The third-order valence-corrected chi connectivity index (χ3v) is 5.49. The van der Waals surface area contributed by atoms with Crippen LogP contribution in [-0.2, 0) is 14.8 Å². The summed E-state index contributed by atoms with van der Waals surface area (Å²) in [7, 11) is -3.67. The summed E-state index contributed by atoms with van der Waals surface area (Å²) in [6.45, 7) is 1.23. The second-order valence-electron chi connectivity index (χ2n) is 5.92. The SMILES string of the molecule is O=C(O)c1cc(S(=O)(=O)NC2CC2)ccc1NC[C@H]1CCCO1. The molecule has 1 heterocycles. The predicted octanol–water partition coefficient (Wildman–Crippen LogP) is 1.42. The molecule has 1 aromatic rings. The van der Waals surface area contributed by atoms with E-state index in [4.69, 9.17) is 4.74 Å². The van der Waals surface area contributed by atoms with Crippen molar-refractivity contribution in [3.8, 4) is 0 Å². The molecule has 7 nitrogen and oxygen atoms in total. The molecule has 3 rings (SSSR count). The van der Waals surface area contributed by atoms with Crippen LogP contribution in [-0.4, -0.2) is 44.8 Å². The Labute approximate surface area is 135 Å². The summed E-state index contributed by atoms with van der Waals surface area (Å²) in [5, 5.41) is 12.4. The van der Waals surface area contributed by atoms with Crippen molar-refractivity contribution in [2.24, 2.45) is 0 Å². The molecule has 0 spiro atoms. The lowest BCUT2D eigenvalue weighted by Gasteiger charge is -2.15. The Balaban J connectivity index is 1.78. The number of carboxylic acid groups (broad SMARTS) is 1. The number of aromatic carboxylic acids is 1. The lowest BCUT2D eigenvalue weighted by atomic mass is 10.1. The minimum atomic E-state index is -3.67. The van der Waals surface area contributed by atoms with Crippen molar-refractivity contribution in [3.63, 3.8) is 0 Å². The molecule has 126 valence electrons. The Morgan fingerprint density at radius 1 is 1.30 bits per heavy atom. The molecule has 2 fully saturated rings. The van der Waals surface area contributed by atoms with Gasteiger partial charge in [-0.15, -0.1) is 0 Å². The summed E-state index contributed by atoms with van der Waals surface area (Å²) in [4.78, 5) is 11.4. The molecular weight excluding hydrogens is 320 g/mol. The van der Waals surface area contributed by atoms with Crippen molar-refractivity contribution >= 4 is 21.7 Å². The third kappa shape index (κ3) is 4.01. The van der Waals surface area contributed by atoms with Gasteiger partial charge in [-0.2, -0.15) is 0 Å². The molecule has 1 aromatic carbocycles. The highest BCUT2D eigenvalue weighted by Gasteiger charge is 2.29. The van der Waals surface area contributed by atoms with Crippen molar-refractivity contribution < 1.29 is 23.1 Å². The van der Waals surface area contributed by atoms with E-state index in [1.807, 2.05) is 0 Å². The largest absolute Gasteiger partial charge is 0.478 e. The van der Waals surface area contributed by atoms with Gasteiger partial charge in [-0.05, 0) is 43.9 Å². The highest BCUT2D eigenvalue weighted by Crippen LogP contribution is 2.25. The average Bonchev–Trinajstić information content (AvgIpc) is 3.15. The number of hydrogen-bond acceptors (Lipinski definition) is 5. The van der Waals surface area contributed by atoms with Crippen LogP contribution in [0.5, 0.6) is 0 Å². The van der Waals surface area contributed by atoms with Gasteiger partial charge in [-0.1, -0.05) is 0 Å². The Morgan fingerprint density at radius 2 is 2.09 bits per heavy atom. The monoisotopic (exact) mass is 340 g/mol. The van der Waals surface area contributed by atoms with E-state index in [-0.39, 0.29) is 22.6 Å². The second kappa shape index (κ2) is 6.46. The fraction of sp³-hybridized carbons (Fsp3) is 0.533. The maximum Gasteiger partial charge on any atom is 0.337 e. The molecule has 0 unspecified atom stereocenters. The van der Waals surface area contributed by atoms with Crippen LogP contribution >= 0.6 is 0 Å². The molecule has 2 aliphatic rings. The van der Waals surface area contributed by atoms with Crippen LogP contribution in [0.4, 0.5) is 5.69 Å². The molecule has 0 radical (unpaired) electrons. The average molecular weight is 340 g/mol. The molecule has 0 bridgehead atoms. The van der Waals surface area contributed by atoms with E-state index in [0.29, 0.717) is 12.2 Å². The summed E-state index contributed by atoms with van der Waals surface area (Å²) in [6.07, 6.45) is 3.66. The summed E-state index contributed by atoms with van der Waals surface area (Å²) in [6, 6.07) is 4.10. The predicted molar refractivity (Wildman–Crippen MR) is 84.2 cm³/mol. The van der Waals surface area contributed by atoms with Crippen LogP contribution in [0.15, 0.2) is 23.1 Å². The molecule has 1 saturated heterocycles. The molecule has 1 aliphatic heterocycles. The third-order valence-electron chi connectivity index (χ3n) is 3.98. The van der Waals surface area contributed by atoms with E-state index in [9.17, 15) is 18.3 Å². The van der Waals surface area contributed by atoms with Crippen LogP contribution in [0.1, 0.15) is 36.0 Å². The molecule has 8 heteroatoms. The first-order valence-electron chi connectivity index (χ1n) is 7.71.